The highest BCUT2D eigenvalue weighted by Gasteiger charge is 2.35. The van der Waals surface area contributed by atoms with E-state index in [0.717, 1.165) is 12.1 Å². The van der Waals surface area contributed by atoms with Crippen LogP contribution in [0.3, 0.4) is 0 Å². The van der Waals surface area contributed by atoms with Gasteiger partial charge < -0.3 is 14.1 Å². The number of hydrogen-bond acceptors (Lipinski definition) is 6. The standard InChI is InChI=1S/C17H14ClF4N4O3P/c1-2-28-30(27,26-14-6-11(19)5-12(20)7-14)9-13-4-3-10(8-23-13)15-24-16(29-25-15)17(18,21)22/h3-8H,2,9H2,1H3,(H,26,27). The molecule has 0 radical (unpaired) electrons. The van der Waals surface area contributed by atoms with E-state index in [1.54, 1.807) is 6.92 Å². The minimum absolute atomic E-state index is 0.0535. The molecule has 13 heteroatoms. The van der Waals surface area contributed by atoms with Gasteiger partial charge in [-0.3, -0.25) is 9.55 Å². The van der Waals surface area contributed by atoms with Crippen LogP contribution in [0, 0.1) is 11.6 Å². The van der Waals surface area contributed by atoms with Crippen LogP contribution >= 0.6 is 19.1 Å². The fourth-order valence-corrected chi connectivity index (χ4v) is 4.33. The first kappa shape index (κ1) is 22.2. The molecule has 2 heterocycles. The zero-order valence-electron chi connectivity index (χ0n) is 15.3. The summed E-state index contributed by atoms with van der Waals surface area (Å²) in [7, 11) is -3.62. The van der Waals surface area contributed by atoms with E-state index in [-0.39, 0.29) is 29.8 Å². The Hall–Kier alpha value is -2.49. The minimum Gasteiger partial charge on any atom is -0.331 e. The highest BCUT2D eigenvalue weighted by Crippen LogP contribution is 2.49. The molecule has 1 aromatic carbocycles. The van der Waals surface area contributed by atoms with Crippen molar-refractivity contribution in [3.8, 4) is 11.4 Å². The maximum Gasteiger partial charge on any atom is 0.400 e. The molecule has 3 rings (SSSR count). The molecular formula is C17H14ClF4N4O3P. The van der Waals surface area contributed by atoms with E-state index < -0.39 is 30.4 Å². The lowest BCUT2D eigenvalue weighted by Gasteiger charge is -2.20. The third-order valence-electron chi connectivity index (χ3n) is 3.62. The molecule has 2 aromatic heterocycles. The van der Waals surface area contributed by atoms with Gasteiger partial charge >= 0.3 is 11.3 Å². The summed E-state index contributed by atoms with van der Waals surface area (Å²) in [6.07, 6.45) is 1.05. The molecule has 1 N–H and O–H groups in total. The Labute approximate surface area is 172 Å². The number of hydrogen-bond donors (Lipinski definition) is 1. The first-order valence-corrected chi connectivity index (χ1v) is 10.6. The molecule has 0 saturated heterocycles. The molecule has 0 spiro atoms. The summed E-state index contributed by atoms with van der Waals surface area (Å²) in [5, 5.41) is 2.13. The van der Waals surface area contributed by atoms with Crippen molar-refractivity contribution in [2.75, 3.05) is 11.7 Å². The van der Waals surface area contributed by atoms with Crippen molar-refractivity contribution in [3.63, 3.8) is 0 Å². The summed E-state index contributed by atoms with van der Waals surface area (Å²) in [5.41, 5.74) is 0.495. The van der Waals surface area contributed by atoms with Crippen LogP contribution in [0.15, 0.2) is 41.1 Å². The monoisotopic (exact) mass is 464 g/mol. The Morgan fingerprint density at radius 2 is 1.93 bits per heavy atom. The van der Waals surface area contributed by atoms with Gasteiger partial charge in [0.15, 0.2) is 0 Å². The number of alkyl halides is 3. The van der Waals surface area contributed by atoms with Crippen LogP contribution in [0.1, 0.15) is 18.5 Å². The predicted molar refractivity (Wildman–Crippen MR) is 100 cm³/mol. The van der Waals surface area contributed by atoms with E-state index in [9.17, 15) is 22.1 Å². The Bertz CT molecular complexity index is 1060. The average Bonchev–Trinajstić information content (AvgIpc) is 3.12. The second kappa shape index (κ2) is 8.71. The molecule has 1 atom stereocenters. The van der Waals surface area contributed by atoms with E-state index in [1.807, 2.05) is 0 Å². The Morgan fingerprint density at radius 1 is 1.23 bits per heavy atom. The number of pyridine rings is 1. The number of rotatable bonds is 8. The molecule has 0 aliphatic rings. The molecule has 3 aromatic rings. The van der Waals surface area contributed by atoms with Gasteiger partial charge in [-0.05, 0) is 42.8 Å². The van der Waals surface area contributed by atoms with E-state index in [1.165, 1.54) is 18.3 Å². The number of nitrogens with one attached hydrogen (secondary N) is 1. The zero-order valence-corrected chi connectivity index (χ0v) is 16.9. The molecule has 0 saturated carbocycles. The molecule has 7 nitrogen and oxygen atoms in total. The predicted octanol–water partition coefficient (Wildman–Crippen LogP) is 5.54. The second-order valence-electron chi connectivity index (χ2n) is 5.98. The Kier molecular flexibility index (Phi) is 6.44. The molecule has 1 unspecified atom stereocenters. The van der Waals surface area contributed by atoms with Crippen molar-refractivity contribution in [1.29, 1.82) is 0 Å². The molecule has 0 aliphatic heterocycles. The van der Waals surface area contributed by atoms with Crippen molar-refractivity contribution in [2.45, 2.75) is 18.5 Å². The maximum atomic E-state index is 13.4. The molecular weight excluding hydrogens is 451 g/mol. The average molecular weight is 465 g/mol. The molecule has 0 bridgehead atoms. The molecule has 30 heavy (non-hydrogen) atoms. The SMILES string of the molecule is CCOP(=O)(Cc1ccc(-c2noc(C(F)(F)Cl)n2)cn1)Nc1cc(F)cc(F)c1. The maximum absolute atomic E-state index is 13.4. The summed E-state index contributed by atoms with van der Waals surface area (Å²) in [6.45, 7) is 1.68. The minimum atomic E-state index is -3.80. The van der Waals surface area contributed by atoms with E-state index in [2.05, 4.69) is 24.7 Å². The van der Waals surface area contributed by atoms with Crippen LogP contribution < -0.4 is 5.09 Å². The van der Waals surface area contributed by atoms with Gasteiger partial charge in [0, 0.05) is 23.5 Å². The highest BCUT2D eigenvalue weighted by molar-refractivity contribution is 7.59. The van der Waals surface area contributed by atoms with Gasteiger partial charge in [-0.2, -0.15) is 13.8 Å². The Balaban J connectivity index is 1.78. The van der Waals surface area contributed by atoms with Crippen molar-refractivity contribution >= 4 is 24.8 Å². The van der Waals surface area contributed by atoms with Gasteiger partial charge in [0.05, 0.1) is 18.5 Å². The van der Waals surface area contributed by atoms with E-state index in [0.29, 0.717) is 11.8 Å². The topological polar surface area (TPSA) is 90.1 Å². The van der Waals surface area contributed by atoms with Crippen LogP contribution in [0.5, 0.6) is 0 Å². The quantitative estimate of drug-likeness (QED) is 0.266. The third-order valence-corrected chi connectivity index (χ3v) is 5.80. The first-order valence-electron chi connectivity index (χ1n) is 8.42. The van der Waals surface area contributed by atoms with Gasteiger partial charge in [0.25, 0.3) is 7.52 Å². The molecule has 160 valence electrons. The highest BCUT2D eigenvalue weighted by atomic mass is 35.5. The number of anilines is 1. The molecule has 0 amide bonds. The van der Waals surface area contributed by atoms with Crippen LogP contribution in [0.4, 0.5) is 23.2 Å². The van der Waals surface area contributed by atoms with Crippen molar-refractivity contribution in [1.82, 2.24) is 15.1 Å². The van der Waals surface area contributed by atoms with Crippen LogP contribution in [-0.4, -0.2) is 21.7 Å². The van der Waals surface area contributed by atoms with Crippen molar-refractivity contribution < 1.29 is 31.2 Å². The van der Waals surface area contributed by atoms with Gasteiger partial charge in [-0.1, -0.05) is 5.16 Å². The summed E-state index contributed by atoms with van der Waals surface area (Å²) in [6, 6.07) is 5.53. The lowest BCUT2D eigenvalue weighted by Crippen LogP contribution is -2.06. The third kappa shape index (κ3) is 5.56. The fraction of sp³-hybridized carbons (Fsp3) is 0.235. The van der Waals surface area contributed by atoms with E-state index >= 15 is 0 Å². The lowest BCUT2D eigenvalue weighted by molar-refractivity contribution is 0.0551. The van der Waals surface area contributed by atoms with Gasteiger partial charge in [-0.15, -0.1) is 0 Å². The molecule has 0 fully saturated rings. The first-order chi connectivity index (χ1) is 14.1. The van der Waals surface area contributed by atoms with Crippen LogP contribution in [0.25, 0.3) is 11.4 Å². The van der Waals surface area contributed by atoms with Crippen molar-refractivity contribution in [2.24, 2.45) is 0 Å². The lowest BCUT2D eigenvalue weighted by atomic mass is 10.2. The number of nitrogens with zero attached hydrogens (tertiary/aromatic N) is 3. The number of halogens is 5. The van der Waals surface area contributed by atoms with Gasteiger partial charge in [0.1, 0.15) is 11.6 Å². The summed E-state index contributed by atoms with van der Waals surface area (Å²) in [5.74, 6) is -2.91. The fourth-order valence-electron chi connectivity index (χ4n) is 2.46. The van der Waals surface area contributed by atoms with Gasteiger partial charge in [-0.25, -0.2) is 8.78 Å². The van der Waals surface area contributed by atoms with Crippen LogP contribution in [0.2, 0.25) is 0 Å². The number of aromatic nitrogens is 3. The van der Waals surface area contributed by atoms with E-state index in [4.69, 9.17) is 16.1 Å². The van der Waals surface area contributed by atoms with Crippen LogP contribution in [-0.2, 0) is 20.6 Å². The normalized spacial score (nSPS) is 13.8. The largest absolute Gasteiger partial charge is 0.400 e. The smallest absolute Gasteiger partial charge is 0.331 e. The number of benzene rings is 1. The van der Waals surface area contributed by atoms with Crippen molar-refractivity contribution in [3.05, 3.63) is 59.7 Å². The summed E-state index contributed by atoms with van der Waals surface area (Å²) >= 11 is 4.83. The zero-order chi connectivity index (χ0) is 21.9. The van der Waals surface area contributed by atoms with Gasteiger partial charge in [0.2, 0.25) is 5.82 Å². The second-order valence-corrected chi connectivity index (χ2v) is 8.60. The Morgan fingerprint density at radius 3 is 2.47 bits per heavy atom. The summed E-state index contributed by atoms with van der Waals surface area (Å²) < 4.78 is 75.6. The summed E-state index contributed by atoms with van der Waals surface area (Å²) in [4.78, 5) is 7.58. The molecule has 0 aliphatic carbocycles.